The monoisotopic (exact) mass is 447 g/mol. The van der Waals surface area contributed by atoms with Gasteiger partial charge < -0.3 is 24.6 Å². The Kier molecular flexibility index (Phi) is 5.72. The van der Waals surface area contributed by atoms with Crippen molar-refractivity contribution in [1.29, 1.82) is 0 Å². The normalized spacial score (nSPS) is 19.8. The maximum absolute atomic E-state index is 13.7. The lowest BCUT2D eigenvalue weighted by Crippen LogP contribution is -2.51. The summed E-state index contributed by atoms with van der Waals surface area (Å²) in [5, 5.41) is 13.0. The van der Waals surface area contributed by atoms with Gasteiger partial charge in [0.05, 0.1) is 19.2 Å². The summed E-state index contributed by atoms with van der Waals surface area (Å²) in [5.74, 6) is -3.39. The first-order valence-electron chi connectivity index (χ1n) is 10.3. The van der Waals surface area contributed by atoms with E-state index in [1.165, 1.54) is 21.7 Å². The molecule has 2 N–H and O–H groups in total. The van der Waals surface area contributed by atoms with Crippen molar-refractivity contribution in [2.24, 2.45) is 5.92 Å². The van der Waals surface area contributed by atoms with Crippen LogP contribution in [-0.4, -0.2) is 51.8 Å². The van der Waals surface area contributed by atoms with E-state index >= 15 is 0 Å². The highest BCUT2D eigenvalue weighted by atomic mass is 19.1. The van der Waals surface area contributed by atoms with E-state index in [0.29, 0.717) is 6.61 Å². The Balaban J connectivity index is 1.54. The Morgan fingerprint density at radius 1 is 1.31 bits per heavy atom. The van der Waals surface area contributed by atoms with Crippen molar-refractivity contribution in [1.82, 2.24) is 14.8 Å². The Bertz CT molecular complexity index is 1150. The van der Waals surface area contributed by atoms with E-state index in [1.54, 1.807) is 0 Å². The molecular formula is C22H23F2N3O5. The van der Waals surface area contributed by atoms with Crippen LogP contribution in [0.4, 0.5) is 8.78 Å². The van der Waals surface area contributed by atoms with Crippen LogP contribution >= 0.6 is 0 Å². The number of amides is 2. The van der Waals surface area contributed by atoms with Crippen LogP contribution in [-0.2, 0) is 17.7 Å². The second-order valence-corrected chi connectivity index (χ2v) is 8.27. The molecule has 0 saturated carbocycles. The van der Waals surface area contributed by atoms with E-state index in [4.69, 9.17) is 4.74 Å². The summed E-state index contributed by atoms with van der Waals surface area (Å²) >= 11 is 0. The molecule has 1 aromatic carbocycles. The van der Waals surface area contributed by atoms with Gasteiger partial charge >= 0.3 is 0 Å². The lowest BCUT2D eigenvalue weighted by atomic mass is 10.0. The van der Waals surface area contributed by atoms with Crippen LogP contribution in [0.3, 0.4) is 0 Å². The smallest absolute Gasteiger partial charge is 0.276 e. The maximum Gasteiger partial charge on any atom is 0.276 e. The largest absolute Gasteiger partial charge is 0.503 e. The number of carbonyl (C=O) groups excluding carboxylic acids is 2. The highest BCUT2D eigenvalue weighted by Gasteiger charge is 2.45. The predicted octanol–water partition coefficient (Wildman–Crippen LogP) is 1.64. The van der Waals surface area contributed by atoms with E-state index in [2.05, 4.69) is 5.32 Å². The minimum atomic E-state index is -0.963. The summed E-state index contributed by atoms with van der Waals surface area (Å²) in [7, 11) is 0. The summed E-state index contributed by atoms with van der Waals surface area (Å²) < 4.78 is 33.8. The van der Waals surface area contributed by atoms with Crippen LogP contribution in [0.1, 0.15) is 40.3 Å². The summed E-state index contributed by atoms with van der Waals surface area (Å²) in [4.78, 5) is 39.8. The van der Waals surface area contributed by atoms with Crippen molar-refractivity contribution in [3.05, 3.63) is 63.1 Å². The fraction of sp³-hybridized carbons (Fsp3) is 0.409. The second-order valence-electron chi connectivity index (χ2n) is 8.27. The molecule has 10 heteroatoms. The van der Waals surface area contributed by atoms with Gasteiger partial charge in [0.1, 0.15) is 17.2 Å². The number of carbonyl (C=O) groups is 2. The quantitative estimate of drug-likeness (QED) is 0.726. The Hall–Kier alpha value is -3.27. The van der Waals surface area contributed by atoms with E-state index in [-0.39, 0.29) is 48.3 Å². The number of hydrogen-bond acceptors (Lipinski definition) is 5. The summed E-state index contributed by atoms with van der Waals surface area (Å²) in [5.41, 5.74) is -1.27. The first kappa shape index (κ1) is 21.9. The molecule has 1 saturated heterocycles. The van der Waals surface area contributed by atoms with E-state index < -0.39 is 40.9 Å². The Morgan fingerprint density at radius 3 is 2.75 bits per heavy atom. The number of aromatic nitrogens is 1. The standard InChI is InChI=1S/C22H23F2N3O5/c1-11(2)16-10-32-17-9-26-8-14(19(28)20(29)18(26)22(31)27(16)17)21(30)25-6-5-12-3-4-13(23)7-15(12)24/h3-4,7-8,11,16-17,29H,5-6,9-10H2,1-2H3,(H,25,30)/t16-,17-/m1/s1. The van der Waals surface area contributed by atoms with Gasteiger partial charge in [0.25, 0.3) is 11.8 Å². The van der Waals surface area contributed by atoms with Crippen molar-refractivity contribution < 1.29 is 28.2 Å². The number of halogens is 2. The number of nitrogens with zero attached hydrogens (tertiary/aromatic N) is 2. The molecule has 1 aromatic heterocycles. The highest BCUT2D eigenvalue weighted by Crippen LogP contribution is 2.32. The molecule has 2 amide bonds. The lowest BCUT2D eigenvalue weighted by molar-refractivity contribution is 0.00429. The van der Waals surface area contributed by atoms with E-state index in [1.807, 2.05) is 13.8 Å². The third-order valence-electron chi connectivity index (χ3n) is 5.88. The van der Waals surface area contributed by atoms with Crippen LogP contribution in [0.15, 0.2) is 29.2 Å². The van der Waals surface area contributed by atoms with Gasteiger partial charge in [0.2, 0.25) is 5.43 Å². The fourth-order valence-electron chi connectivity index (χ4n) is 4.12. The molecule has 4 rings (SSSR count). The van der Waals surface area contributed by atoms with Gasteiger partial charge in [0, 0.05) is 18.8 Å². The van der Waals surface area contributed by atoms with Gasteiger partial charge in [0.15, 0.2) is 17.7 Å². The SMILES string of the molecule is CC(C)[C@H]1CO[C@@H]2Cn3cc(C(=O)NCCc4ccc(F)cc4F)c(=O)c(O)c3C(=O)N12. The number of nitrogens with one attached hydrogen (secondary N) is 1. The minimum absolute atomic E-state index is 0.0160. The average Bonchev–Trinajstić information content (AvgIpc) is 3.16. The molecule has 1 fully saturated rings. The van der Waals surface area contributed by atoms with Gasteiger partial charge in [-0.15, -0.1) is 0 Å². The molecule has 2 aromatic rings. The van der Waals surface area contributed by atoms with Gasteiger partial charge in [-0.2, -0.15) is 0 Å². The van der Waals surface area contributed by atoms with Gasteiger partial charge in [-0.1, -0.05) is 19.9 Å². The molecule has 0 unspecified atom stereocenters. The number of rotatable bonds is 5. The molecule has 0 radical (unpaired) electrons. The topological polar surface area (TPSA) is 101 Å². The third kappa shape index (κ3) is 3.75. The van der Waals surface area contributed by atoms with Crippen LogP contribution in [0, 0.1) is 17.6 Å². The number of fused-ring (bicyclic) bond motifs is 2. The number of pyridine rings is 1. The van der Waals surface area contributed by atoms with Crippen LogP contribution < -0.4 is 10.7 Å². The minimum Gasteiger partial charge on any atom is -0.503 e. The first-order valence-corrected chi connectivity index (χ1v) is 10.3. The number of ether oxygens (including phenoxy) is 1. The van der Waals surface area contributed by atoms with Crippen LogP contribution in [0.25, 0.3) is 0 Å². The molecule has 170 valence electrons. The summed E-state index contributed by atoms with van der Waals surface area (Å²) in [6.45, 7) is 4.41. The van der Waals surface area contributed by atoms with Crippen LogP contribution in [0.2, 0.25) is 0 Å². The molecule has 0 spiro atoms. The molecule has 2 aliphatic rings. The molecule has 32 heavy (non-hydrogen) atoms. The van der Waals surface area contributed by atoms with Crippen molar-refractivity contribution in [2.45, 2.75) is 39.1 Å². The highest BCUT2D eigenvalue weighted by molar-refractivity contribution is 5.99. The summed E-state index contributed by atoms with van der Waals surface area (Å²) in [6.07, 6.45) is 0.754. The zero-order valence-electron chi connectivity index (χ0n) is 17.6. The lowest BCUT2D eigenvalue weighted by Gasteiger charge is -2.35. The Labute approximate surface area is 182 Å². The fourth-order valence-corrected chi connectivity index (χ4v) is 4.12. The zero-order chi connectivity index (χ0) is 23.2. The molecule has 8 nitrogen and oxygen atoms in total. The second kappa shape index (κ2) is 8.34. The zero-order valence-corrected chi connectivity index (χ0v) is 17.6. The number of aromatic hydroxyl groups is 1. The third-order valence-corrected chi connectivity index (χ3v) is 5.88. The van der Waals surface area contributed by atoms with E-state index in [0.717, 1.165) is 12.1 Å². The molecule has 0 bridgehead atoms. The first-order chi connectivity index (χ1) is 15.2. The van der Waals surface area contributed by atoms with Gasteiger partial charge in [-0.05, 0) is 24.0 Å². The van der Waals surface area contributed by atoms with Crippen LogP contribution in [0.5, 0.6) is 5.75 Å². The number of hydrogen-bond donors (Lipinski definition) is 2. The van der Waals surface area contributed by atoms with Gasteiger partial charge in [-0.3, -0.25) is 14.4 Å². The maximum atomic E-state index is 13.7. The molecule has 2 atom stereocenters. The van der Waals surface area contributed by atoms with Crippen molar-refractivity contribution in [3.63, 3.8) is 0 Å². The van der Waals surface area contributed by atoms with Crippen molar-refractivity contribution >= 4 is 11.8 Å². The molecule has 2 aliphatic heterocycles. The Morgan fingerprint density at radius 2 is 2.06 bits per heavy atom. The predicted molar refractivity (Wildman–Crippen MR) is 109 cm³/mol. The van der Waals surface area contributed by atoms with E-state index in [9.17, 15) is 28.3 Å². The molecular weight excluding hydrogens is 424 g/mol. The van der Waals surface area contributed by atoms with Gasteiger partial charge in [-0.25, -0.2) is 8.78 Å². The molecule has 0 aliphatic carbocycles. The summed E-state index contributed by atoms with van der Waals surface area (Å²) in [6, 6.07) is 2.97. The van der Waals surface area contributed by atoms with Crippen molar-refractivity contribution in [2.75, 3.05) is 13.2 Å². The van der Waals surface area contributed by atoms with Crippen molar-refractivity contribution in [3.8, 4) is 5.75 Å². The number of benzene rings is 1. The molecule has 3 heterocycles. The average molecular weight is 447 g/mol.